The molecule has 0 heterocycles. The maximum Gasteiger partial charge on any atom is 0.242 e. The lowest BCUT2D eigenvalue weighted by Gasteiger charge is -2.12. The summed E-state index contributed by atoms with van der Waals surface area (Å²) in [7, 11) is -3.49. The van der Waals surface area contributed by atoms with Gasteiger partial charge < -0.3 is 5.73 Å². The third-order valence-corrected chi connectivity index (χ3v) is 5.29. The van der Waals surface area contributed by atoms with E-state index in [4.69, 9.17) is 5.73 Å². The Morgan fingerprint density at radius 2 is 2.00 bits per heavy atom. The first-order valence-corrected chi connectivity index (χ1v) is 8.31. The Morgan fingerprint density at radius 1 is 1.33 bits per heavy atom. The van der Waals surface area contributed by atoms with Crippen LogP contribution in [0.5, 0.6) is 0 Å². The van der Waals surface area contributed by atoms with Crippen LogP contribution in [-0.2, 0) is 10.0 Å². The molecule has 2 rings (SSSR count). The van der Waals surface area contributed by atoms with Gasteiger partial charge in [-0.05, 0) is 37.0 Å². The minimum atomic E-state index is -3.49. The van der Waals surface area contributed by atoms with Crippen molar-refractivity contribution in [3.05, 3.63) is 22.7 Å². The van der Waals surface area contributed by atoms with Gasteiger partial charge >= 0.3 is 0 Å². The molecule has 1 aliphatic rings. The minimum absolute atomic E-state index is 0.156. The molecule has 0 unspecified atom stereocenters. The number of nitrogen functional groups attached to an aromatic ring is 1. The fourth-order valence-electron chi connectivity index (χ4n) is 2.28. The summed E-state index contributed by atoms with van der Waals surface area (Å²) in [6, 6.07) is 4.81. The van der Waals surface area contributed by atoms with E-state index in [1.807, 2.05) is 0 Å². The Kier molecular flexibility index (Phi) is 4.29. The summed E-state index contributed by atoms with van der Waals surface area (Å²) in [5.74, 6) is 0.469. The van der Waals surface area contributed by atoms with E-state index in [1.54, 1.807) is 12.1 Å². The van der Waals surface area contributed by atoms with Crippen molar-refractivity contribution in [1.82, 2.24) is 4.72 Å². The second-order valence-corrected chi connectivity index (χ2v) is 7.34. The van der Waals surface area contributed by atoms with Gasteiger partial charge in [0.25, 0.3) is 0 Å². The Hall–Kier alpha value is -0.590. The highest BCUT2D eigenvalue weighted by atomic mass is 79.9. The number of nitrogens with one attached hydrogen (secondary N) is 1. The van der Waals surface area contributed by atoms with Crippen LogP contribution >= 0.6 is 15.9 Å². The van der Waals surface area contributed by atoms with Crippen molar-refractivity contribution in [1.29, 1.82) is 0 Å². The van der Waals surface area contributed by atoms with Gasteiger partial charge in [-0.25, -0.2) is 13.1 Å². The lowest BCUT2D eigenvalue weighted by Crippen LogP contribution is -2.29. The number of hydrogen-bond acceptors (Lipinski definition) is 3. The maximum absolute atomic E-state index is 12.1. The Bertz CT molecular complexity index is 525. The zero-order chi connectivity index (χ0) is 13.2. The quantitative estimate of drug-likeness (QED) is 0.832. The van der Waals surface area contributed by atoms with Crippen molar-refractivity contribution in [3.8, 4) is 0 Å². The van der Waals surface area contributed by atoms with Crippen LogP contribution in [-0.4, -0.2) is 15.0 Å². The molecule has 0 radical (unpaired) electrons. The number of hydrogen-bond donors (Lipinski definition) is 2. The molecule has 100 valence electrons. The van der Waals surface area contributed by atoms with Gasteiger partial charge in [0.05, 0.1) is 5.69 Å². The molecule has 0 spiro atoms. The molecule has 1 aromatic carbocycles. The summed E-state index contributed by atoms with van der Waals surface area (Å²) in [6.07, 6.45) is 4.62. The average Bonchev–Trinajstić information content (AvgIpc) is 2.78. The van der Waals surface area contributed by atoms with Gasteiger partial charge in [-0.3, -0.25) is 0 Å². The number of halogens is 1. The zero-order valence-electron chi connectivity index (χ0n) is 10.0. The van der Waals surface area contributed by atoms with Crippen molar-refractivity contribution in [2.75, 3.05) is 12.3 Å². The average molecular weight is 333 g/mol. The minimum Gasteiger partial charge on any atom is -0.398 e. The number of benzene rings is 1. The highest BCUT2D eigenvalue weighted by Gasteiger charge is 2.21. The second-order valence-electron chi connectivity index (χ2n) is 4.68. The van der Waals surface area contributed by atoms with Gasteiger partial charge in [0.15, 0.2) is 0 Å². The molecule has 1 aromatic rings. The molecule has 1 fully saturated rings. The molecule has 0 atom stereocenters. The Labute approximate surface area is 116 Å². The zero-order valence-corrected chi connectivity index (χ0v) is 12.4. The molecule has 6 heteroatoms. The van der Waals surface area contributed by atoms with E-state index < -0.39 is 10.0 Å². The number of nitrogens with two attached hydrogens (primary N) is 1. The van der Waals surface area contributed by atoms with E-state index in [1.165, 1.54) is 18.9 Å². The summed E-state index contributed by atoms with van der Waals surface area (Å²) >= 11 is 3.26. The third-order valence-electron chi connectivity index (χ3n) is 3.30. The normalized spacial score (nSPS) is 17.2. The molecular weight excluding hydrogens is 316 g/mol. The molecule has 0 aliphatic heterocycles. The van der Waals surface area contributed by atoms with E-state index in [0.717, 1.165) is 17.3 Å². The van der Waals surface area contributed by atoms with Crippen molar-refractivity contribution < 1.29 is 8.42 Å². The number of rotatable bonds is 4. The molecule has 3 N–H and O–H groups in total. The molecular formula is C12H17BrN2O2S. The van der Waals surface area contributed by atoms with E-state index in [0.29, 0.717) is 12.5 Å². The van der Waals surface area contributed by atoms with E-state index in [9.17, 15) is 8.42 Å². The molecule has 1 aliphatic carbocycles. The molecule has 18 heavy (non-hydrogen) atoms. The summed E-state index contributed by atoms with van der Waals surface area (Å²) < 4.78 is 27.7. The summed E-state index contributed by atoms with van der Waals surface area (Å²) in [6.45, 7) is 0.512. The van der Waals surface area contributed by atoms with Crippen LogP contribution in [0.15, 0.2) is 27.6 Å². The molecule has 0 saturated heterocycles. The first kappa shape index (κ1) is 13.8. The monoisotopic (exact) mass is 332 g/mol. The van der Waals surface area contributed by atoms with Gasteiger partial charge in [-0.1, -0.05) is 28.8 Å². The van der Waals surface area contributed by atoms with E-state index in [-0.39, 0.29) is 10.6 Å². The van der Waals surface area contributed by atoms with Crippen molar-refractivity contribution in [2.24, 2.45) is 5.92 Å². The summed E-state index contributed by atoms with van der Waals surface area (Å²) in [4.78, 5) is 0.156. The topological polar surface area (TPSA) is 72.2 Å². The SMILES string of the molecule is Nc1cc(Br)ccc1S(=O)(=O)NCC1CCCC1. The van der Waals surface area contributed by atoms with Crippen molar-refractivity contribution in [3.63, 3.8) is 0 Å². The predicted octanol–water partition coefficient (Wildman–Crippen LogP) is 2.50. The summed E-state index contributed by atoms with van der Waals surface area (Å²) in [5.41, 5.74) is 6.01. The van der Waals surface area contributed by atoms with Gasteiger partial charge in [0.1, 0.15) is 4.90 Å². The fraction of sp³-hybridized carbons (Fsp3) is 0.500. The highest BCUT2D eigenvalue weighted by molar-refractivity contribution is 9.10. The Balaban J connectivity index is 2.09. The van der Waals surface area contributed by atoms with Crippen LogP contribution in [0.4, 0.5) is 5.69 Å². The van der Waals surface area contributed by atoms with Gasteiger partial charge in [-0.2, -0.15) is 0 Å². The number of sulfonamides is 1. The predicted molar refractivity (Wildman–Crippen MR) is 75.7 cm³/mol. The fourth-order valence-corrected chi connectivity index (χ4v) is 3.89. The maximum atomic E-state index is 12.1. The third kappa shape index (κ3) is 3.24. The second kappa shape index (κ2) is 5.59. The van der Waals surface area contributed by atoms with Gasteiger partial charge in [0, 0.05) is 11.0 Å². The van der Waals surface area contributed by atoms with Crippen LogP contribution in [0.2, 0.25) is 0 Å². The van der Waals surface area contributed by atoms with Gasteiger partial charge in [-0.15, -0.1) is 0 Å². The Morgan fingerprint density at radius 3 is 2.61 bits per heavy atom. The van der Waals surface area contributed by atoms with Gasteiger partial charge in [0.2, 0.25) is 10.0 Å². The number of anilines is 1. The largest absolute Gasteiger partial charge is 0.398 e. The molecule has 0 amide bonds. The van der Waals surface area contributed by atoms with Crippen molar-refractivity contribution >= 4 is 31.6 Å². The van der Waals surface area contributed by atoms with E-state index in [2.05, 4.69) is 20.7 Å². The molecule has 0 bridgehead atoms. The summed E-state index contributed by atoms with van der Waals surface area (Å²) in [5, 5.41) is 0. The smallest absolute Gasteiger partial charge is 0.242 e. The lowest BCUT2D eigenvalue weighted by atomic mass is 10.1. The first-order valence-electron chi connectivity index (χ1n) is 6.04. The van der Waals surface area contributed by atoms with E-state index >= 15 is 0 Å². The molecule has 0 aromatic heterocycles. The standard InChI is InChI=1S/C12H17BrN2O2S/c13-10-5-6-12(11(14)7-10)18(16,17)15-8-9-3-1-2-4-9/h5-7,9,15H,1-4,8,14H2. The van der Waals surface area contributed by atoms with Crippen LogP contribution in [0, 0.1) is 5.92 Å². The van der Waals surface area contributed by atoms with Crippen molar-refractivity contribution in [2.45, 2.75) is 30.6 Å². The van der Waals surface area contributed by atoms with Crippen LogP contribution in [0.3, 0.4) is 0 Å². The highest BCUT2D eigenvalue weighted by Crippen LogP contribution is 2.26. The molecule has 4 nitrogen and oxygen atoms in total. The molecule has 1 saturated carbocycles. The van der Waals surface area contributed by atoms with Crippen LogP contribution in [0.1, 0.15) is 25.7 Å². The van der Waals surface area contributed by atoms with Crippen LogP contribution < -0.4 is 10.5 Å². The lowest BCUT2D eigenvalue weighted by molar-refractivity contribution is 0.520. The van der Waals surface area contributed by atoms with Crippen LogP contribution in [0.25, 0.3) is 0 Å². The first-order chi connectivity index (χ1) is 8.49.